The molecule has 0 heterocycles. The molecule has 3 rings (SSSR count). The molecule has 27 heavy (non-hydrogen) atoms. The van der Waals surface area contributed by atoms with Gasteiger partial charge in [-0.2, -0.15) is 13.2 Å². The third-order valence-corrected chi connectivity index (χ3v) is 6.75. The third kappa shape index (κ3) is 5.86. The molecule has 0 amide bonds. The standard InChI is InChI=1S/C24H33F3/c1-2-3-18-4-6-19(7-5-18)8-9-20-10-12-21(13-11-20)22-14-16-23(17-15-22)24(25,26)27/h10,14-19,21H,2-9,11-13H2,1H3. The molecule has 0 radical (unpaired) electrons. The van der Waals surface area contributed by atoms with Crippen molar-refractivity contribution in [3.8, 4) is 0 Å². The molecule has 1 fully saturated rings. The van der Waals surface area contributed by atoms with Crippen LogP contribution in [0.25, 0.3) is 0 Å². The topological polar surface area (TPSA) is 0 Å². The second-order valence-corrected chi connectivity index (χ2v) is 8.67. The Bertz CT molecular complexity index is 604. The van der Waals surface area contributed by atoms with Gasteiger partial charge in [0.25, 0.3) is 0 Å². The Morgan fingerprint density at radius 1 is 0.889 bits per heavy atom. The molecule has 1 atom stereocenters. The first kappa shape index (κ1) is 20.5. The van der Waals surface area contributed by atoms with Gasteiger partial charge in [-0.3, -0.25) is 0 Å². The van der Waals surface area contributed by atoms with Crippen LogP contribution in [0.15, 0.2) is 35.9 Å². The average Bonchev–Trinajstić information content (AvgIpc) is 2.68. The van der Waals surface area contributed by atoms with Crippen molar-refractivity contribution < 1.29 is 13.2 Å². The minimum absolute atomic E-state index is 0.375. The monoisotopic (exact) mass is 378 g/mol. The summed E-state index contributed by atoms with van der Waals surface area (Å²) in [4.78, 5) is 0. The number of allylic oxidation sites excluding steroid dienone is 2. The van der Waals surface area contributed by atoms with Crippen molar-refractivity contribution in [1.82, 2.24) is 0 Å². The van der Waals surface area contributed by atoms with E-state index >= 15 is 0 Å². The fourth-order valence-corrected chi connectivity index (χ4v) is 4.97. The van der Waals surface area contributed by atoms with Gasteiger partial charge in [0.05, 0.1) is 5.56 Å². The van der Waals surface area contributed by atoms with Crippen LogP contribution in [-0.2, 0) is 6.18 Å². The summed E-state index contributed by atoms with van der Waals surface area (Å²) in [6, 6.07) is 5.79. The van der Waals surface area contributed by atoms with E-state index in [2.05, 4.69) is 13.0 Å². The summed E-state index contributed by atoms with van der Waals surface area (Å²) in [7, 11) is 0. The Morgan fingerprint density at radius 2 is 1.52 bits per heavy atom. The summed E-state index contributed by atoms with van der Waals surface area (Å²) in [5.41, 5.74) is 2.08. The Morgan fingerprint density at radius 3 is 2.04 bits per heavy atom. The molecule has 1 unspecified atom stereocenters. The van der Waals surface area contributed by atoms with Crippen molar-refractivity contribution in [3.05, 3.63) is 47.0 Å². The summed E-state index contributed by atoms with van der Waals surface area (Å²) >= 11 is 0. The van der Waals surface area contributed by atoms with Gasteiger partial charge in [-0.05, 0) is 67.6 Å². The van der Waals surface area contributed by atoms with E-state index < -0.39 is 11.7 Å². The van der Waals surface area contributed by atoms with Gasteiger partial charge in [-0.15, -0.1) is 0 Å². The first-order valence-corrected chi connectivity index (χ1v) is 10.8. The Kier molecular flexibility index (Phi) is 7.05. The van der Waals surface area contributed by atoms with Crippen molar-refractivity contribution in [2.75, 3.05) is 0 Å². The van der Waals surface area contributed by atoms with E-state index in [1.165, 1.54) is 63.5 Å². The van der Waals surface area contributed by atoms with Gasteiger partial charge in [0.15, 0.2) is 0 Å². The van der Waals surface area contributed by atoms with E-state index in [9.17, 15) is 13.2 Å². The molecule has 1 aromatic carbocycles. The van der Waals surface area contributed by atoms with Crippen molar-refractivity contribution in [2.45, 2.75) is 89.6 Å². The summed E-state index contributed by atoms with van der Waals surface area (Å²) < 4.78 is 38.1. The Balaban J connectivity index is 1.44. The van der Waals surface area contributed by atoms with Gasteiger partial charge in [0.1, 0.15) is 0 Å². The highest BCUT2D eigenvalue weighted by molar-refractivity contribution is 5.29. The zero-order valence-corrected chi connectivity index (χ0v) is 16.5. The number of alkyl halides is 3. The van der Waals surface area contributed by atoms with Crippen LogP contribution in [0.3, 0.4) is 0 Å². The summed E-state index contributed by atoms with van der Waals surface area (Å²) in [6.07, 6.45) is 12.2. The highest BCUT2D eigenvalue weighted by Crippen LogP contribution is 2.38. The van der Waals surface area contributed by atoms with Crippen molar-refractivity contribution >= 4 is 0 Å². The zero-order chi connectivity index (χ0) is 19.3. The molecular formula is C24H33F3. The lowest BCUT2D eigenvalue weighted by Crippen LogP contribution is -2.15. The number of hydrogen-bond acceptors (Lipinski definition) is 0. The van der Waals surface area contributed by atoms with Crippen LogP contribution in [0.5, 0.6) is 0 Å². The maximum atomic E-state index is 12.7. The van der Waals surface area contributed by atoms with Gasteiger partial charge in [-0.25, -0.2) is 0 Å². The average molecular weight is 379 g/mol. The number of hydrogen-bond donors (Lipinski definition) is 0. The Hall–Kier alpha value is -1.25. The van der Waals surface area contributed by atoms with Gasteiger partial charge in [0.2, 0.25) is 0 Å². The van der Waals surface area contributed by atoms with Crippen LogP contribution in [0, 0.1) is 11.8 Å². The number of rotatable bonds is 6. The molecule has 0 saturated heterocycles. The summed E-state index contributed by atoms with van der Waals surface area (Å²) in [5, 5.41) is 0. The van der Waals surface area contributed by atoms with E-state index in [-0.39, 0.29) is 0 Å². The lowest BCUT2D eigenvalue weighted by molar-refractivity contribution is -0.137. The molecule has 2 aliphatic carbocycles. The lowest BCUT2D eigenvalue weighted by Gasteiger charge is -2.29. The van der Waals surface area contributed by atoms with Crippen LogP contribution in [0.1, 0.15) is 94.6 Å². The predicted molar refractivity (Wildman–Crippen MR) is 106 cm³/mol. The van der Waals surface area contributed by atoms with Gasteiger partial charge >= 0.3 is 6.18 Å². The minimum atomic E-state index is -4.24. The molecule has 0 N–H and O–H groups in total. The molecule has 0 bridgehead atoms. The summed E-state index contributed by atoms with van der Waals surface area (Å²) in [6.45, 7) is 2.29. The molecule has 0 aliphatic heterocycles. The van der Waals surface area contributed by atoms with E-state index in [4.69, 9.17) is 0 Å². The quantitative estimate of drug-likeness (QED) is 0.437. The van der Waals surface area contributed by atoms with Crippen molar-refractivity contribution in [1.29, 1.82) is 0 Å². The normalized spacial score (nSPS) is 26.7. The first-order chi connectivity index (χ1) is 13.0. The van der Waals surface area contributed by atoms with Gasteiger partial charge < -0.3 is 0 Å². The molecular weight excluding hydrogens is 345 g/mol. The van der Waals surface area contributed by atoms with Crippen molar-refractivity contribution in [2.24, 2.45) is 11.8 Å². The highest BCUT2D eigenvalue weighted by Gasteiger charge is 2.30. The van der Waals surface area contributed by atoms with E-state index in [0.717, 1.165) is 36.7 Å². The van der Waals surface area contributed by atoms with Crippen molar-refractivity contribution in [3.63, 3.8) is 0 Å². The molecule has 3 heteroatoms. The molecule has 2 aliphatic rings. The van der Waals surface area contributed by atoms with Crippen LogP contribution in [-0.4, -0.2) is 0 Å². The fraction of sp³-hybridized carbons (Fsp3) is 0.667. The van der Waals surface area contributed by atoms with Gasteiger partial charge in [0, 0.05) is 0 Å². The second kappa shape index (κ2) is 9.30. The zero-order valence-electron chi connectivity index (χ0n) is 16.5. The largest absolute Gasteiger partial charge is 0.416 e. The van der Waals surface area contributed by atoms with Crippen LogP contribution >= 0.6 is 0 Å². The van der Waals surface area contributed by atoms with E-state index in [0.29, 0.717) is 5.92 Å². The maximum Gasteiger partial charge on any atom is 0.416 e. The maximum absolute atomic E-state index is 12.7. The number of halogens is 3. The molecule has 1 aromatic rings. The van der Waals surface area contributed by atoms with Crippen LogP contribution in [0.2, 0.25) is 0 Å². The molecule has 0 spiro atoms. The predicted octanol–water partition coefficient (Wildman–Crippen LogP) is 8.29. The molecule has 0 aromatic heterocycles. The molecule has 0 nitrogen and oxygen atoms in total. The fourth-order valence-electron chi connectivity index (χ4n) is 4.97. The van der Waals surface area contributed by atoms with Gasteiger partial charge in [-0.1, -0.05) is 69.2 Å². The van der Waals surface area contributed by atoms with Crippen LogP contribution < -0.4 is 0 Å². The first-order valence-electron chi connectivity index (χ1n) is 10.8. The highest BCUT2D eigenvalue weighted by atomic mass is 19.4. The Labute approximate surface area is 162 Å². The minimum Gasteiger partial charge on any atom is -0.166 e. The van der Waals surface area contributed by atoms with E-state index in [1.807, 2.05) is 0 Å². The molecule has 1 saturated carbocycles. The number of benzene rings is 1. The van der Waals surface area contributed by atoms with E-state index in [1.54, 1.807) is 17.7 Å². The molecule has 150 valence electrons. The third-order valence-electron chi connectivity index (χ3n) is 6.75. The van der Waals surface area contributed by atoms with Crippen LogP contribution in [0.4, 0.5) is 13.2 Å². The summed E-state index contributed by atoms with van der Waals surface area (Å²) in [5.74, 6) is 2.26. The lowest BCUT2D eigenvalue weighted by atomic mass is 9.77. The smallest absolute Gasteiger partial charge is 0.166 e. The second-order valence-electron chi connectivity index (χ2n) is 8.67. The SMILES string of the molecule is CCCC1CCC(CCC2=CCC(c3ccc(C(F)(F)F)cc3)CC2)CC1.